The van der Waals surface area contributed by atoms with E-state index < -0.39 is 5.92 Å². The van der Waals surface area contributed by atoms with Crippen LogP contribution in [0.4, 0.5) is 10.1 Å². The molecule has 2 aliphatic rings. The number of nitrogens with zero attached hydrogens (tertiary/aromatic N) is 1. The summed E-state index contributed by atoms with van der Waals surface area (Å²) in [5.41, 5.74) is 2.95. The van der Waals surface area contributed by atoms with Gasteiger partial charge in [0.25, 0.3) is 0 Å². The number of anilines is 1. The Morgan fingerprint density at radius 1 is 1.03 bits per heavy atom. The number of rotatable bonds is 3. The first-order valence-corrected chi connectivity index (χ1v) is 11.4. The third-order valence-electron chi connectivity index (χ3n) is 5.97. The van der Waals surface area contributed by atoms with E-state index in [1.54, 1.807) is 29.2 Å². The molecular weight excluding hydrogens is 423 g/mol. The van der Waals surface area contributed by atoms with Crippen LogP contribution in [0.25, 0.3) is 5.76 Å². The Morgan fingerprint density at radius 3 is 2.47 bits per heavy atom. The summed E-state index contributed by atoms with van der Waals surface area (Å²) in [6.45, 7) is 0. The maximum atomic E-state index is 13.6. The predicted octanol–water partition coefficient (Wildman–Crippen LogP) is 6.44. The van der Waals surface area contributed by atoms with Crippen molar-refractivity contribution in [3.63, 3.8) is 0 Å². The number of amidine groups is 1. The zero-order valence-corrected chi connectivity index (χ0v) is 18.0. The number of hydrogen-bond acceptors (Lipinski definition) is 4. The van der Waals surface area contributed by atoms with Gasteiger partial charge in [0.15, 0.2) is 5.78 Å². The molecule has 1 unspecified atom stereocenters. The second kappa shape index (κ2) is 8.20. The van der Waals surface area contributed by atoms with Crippen LogP contribution in [0, 0.1) is 11.2 Å². The van der Waals surface area contributed by atoms with E-state index in [0.29, 0.717) is 41.7 Å². The van der Waals surface area contributed by atoms with Crippen LogP contribution in [0.3, 0.4) is 0 Å². The second-order valence-corrected chi connectivity index (χ2v) is 8.85. The molecule has 0 amide bonds. The highest BCUT2D eigenvalue weighted by atomic mass is 32.1. The third kappa shape index (κ3) is 3.37. The van der Waals surface area contributed by atoms with Crippen molar-refractivity contribution in [2.45, 2.75) is 25.2 Å². The molecule has 0 bridgehead atoms. The number of carbonyl (C=O) groups is 1. The molecule has 3 aromatic rings. The number of Topliss-reactive ketones (excluding diaryl/α,β-unsaturated/α-hetero) is 1. The first-order chi connectivity index (χ1) is 15.6. The van der Waals surface area contributed by atoms with Crippen LogP contribution in [0.15, 0.2) is 89.0 Å². The van der Waals surface area contributed by atoms with E-state index in [1.165, 1.54) is 23.5 Å². The van der Waals surface area contributed by atoms with Gasteiger partial charge in [-0.1, -0.05) is 36.4 Å². The molecule has 0 saturated heterocycles. The van der Waals surface area contributed by atoms with Crippen molar-refractivity contribution >= 4 is 34.4 Å². The number of thiophene rings is 1. The van der Waals surface area contributed by atoms with E-state index in [0.717, 1.165) is 10.6 Å². The van der Waals surface area contributed by atoms with Crippen molar-refractivity contribution in [3.05, 3.63) is 105 Å². The predicted molar refractivity (Wildman–Crippen MR) is 126 cm³/mol. The van der Waals surface area contributed by atoms with Gasteiger partial charge in [-0.15, -0.1) is 11.3 Å². The molecule has 4 nitrogen and oxygen atoms in total. The quantitative estimate of drug-likeness (QED) is 0.457. The maximum absolute atomic E-state index is 13.6. The topological polar surface area (TPSA) is 64.4 Å². The normalized spacial score (nSPS) is 20.4. The lowest BCUT2D eigenvalue weighted by Crippen LogP contribution is -2.42. The minimum atomic E-state index is -0.512. The Hall–Kier alpha value is -3.51. The highest BCUT2D eigenvalue weighted by molar-refractivity contribution is 7.10. The lowest BCUT2D eigenvalue weighted by Gasteiger charge is -2.41. The Bertz CT molecular complexity index is 1240. The summed E-state index contributed by atoms with van der Waals surface area (Å²) in [6, 6.07) is 18.9. The molecule has 0 spiro atoms. The van der Waals surface area contributed by atoms with Gasteiger partial charge in [-0.25, -0.2) is 4.39 Å². The number of benzene rings is 2. The van der Waals surface area contributed by atoms with E-state index in [2.05, 4.69) is 0 Å². The van der Waals surface area contributed by atoms with Gasteiger partial charge in [0.2, 0.25) is 0 Å². The molecule has 0 saturated carbocycles. The first-order valence-electron chi connectivity index (χ1n) is 10.5. The van der Waals surface area contributed by atoms with Gasteiger partial charge in [-0.05, 0) is 48.6 Å². The Labute approximate surface area is 189 Å². The average molecular weight is 445 g/mol. The van der Waals surface area contributed by atoms with Crippen LogP contribution < -0.4 is 4.90 Å². The first kappa shape index (κ1) is 20.4. The highest BCUT2D eigenvalue weighted by Gasteiger charge is 2.43. The molecule has 160 valence electrons. The lowest BCUT2D eigenvalue weighted by molar-refractivity contribution is -0.116. The molecular formula is C26H21FN2O2S. The number of hydrogen-bond donors (Lipinski definition) is 2. The van der Waals surface area contributed by atoms with Crippen LogP contribution in [0.5, 0.6) is 0 Å². The van der Waals surface area contributed by atoms with E-state index in [-0.39, 0.29) is 23.2 Å². The Morgan fingerprint density at radius 2 is 1.78 bits per heavy atom. The van der Waals surface area contributed by atoms with Crippen molar-refractivity contribution in [3.8, 4) is 0 Å². The minimum absolute atomic E-state index is 0.0222. The number of aliphatic hydroxyl groups is 1. The van der Waals surface area contributed by atoms with Crippen molar-refractivity contribution in [1.29, 1.82) is 5.41 Å². The van der Waals surface area contributed by atoms with Gasteiger partial charge < -0.3 is 5.11 Å². The van der Waals surface area contributed by atoms with Crippen LogP contribution in [0.2, 0.25) is 0 Å². The molecule has 1 atom stereocenters. The minimum Gasteiger partial charge on any atom is -0.507 e. The zero-order chi connectivity index (χ0) is 22.2. The molecule has 2 aromatic carbocycles. The largest absolute Gasteiger partial charge is 0.507 e. The zero-order valence-electron chi connectivity index (χ0n) is 17.2. The molecule has 2 heterocycles. The lowest BCUT2D eigenvalue weighted by atomic mass is 9.76. The summed E-state index contributed by atoms with van der Waals surface area (Å²) >= 11 is 1.51. The number of aliphatic hydroxyl groups excluding tert-OH is 1. The van der Waals surface area contributed by atoms with Gasteiger partial charge in [0.1, 0.15) is 17.4 Å². The summed E-state index contributed by atoms with van der Waals surface area (Å²) in [4.78, 5) is 15.9. The van der Waals surface area contributed by atoms with E-state index in [4.69, 9.17) is 5.41 Å². The van der Waals surface area contributed by atoms with E-state index in [1.807, 2.05) is 35.7 Å². The Balaban J connectivity index is 1.81. The highest BCUT2D eigenvalue weighted by Crippen LogP contribution is 2.48. The van der Waals surface area contributed by atoms with Crippen LogP contribution in [0.1, 0.15) is 35.6 Å². The fourth-order valence-electron chi connectivity index (χ4n) is 4.56. The molecule has 32 heavy (non-hydrogen) atoms. The number of allylic oxidation sites excluding steroid dienone is 2. The van der Waals surface area contributed by atoms with Gasteiger partial charge in [-0.2, -0.15) is 0 Å². The van der Waals surface area contributed by atoms with Gasteiger partial charge >= 0.3 is 0 Å². The molecule has 1 aliphatic carbocycles. The summed E-state index contributed by atoms with van der Waals surface area (Å²) < 4.78 is 13.6. The van der Waals surface area contributed by atoms with Crippen LogP contribution >= 0.6 is 11.3 Å². The number of ketones is 1. The van der Waals surface area contributed by atoms with E-state index in [9.17, 15) is 14.3 Å². The van der Waals surface area contributed by atoms with E-state index >= 15 is 0 Å². The fraction of sp³-hybridized carbons (Fsp3) is 0.154. The average Bonchev–Trinajstić information content (AvgIpc) is 3.34. The van der Waals surface area contributed by atoms with Crippen LogP contribution in [-0.2, 0) is 4.79 Å². The van der Waals surface area contributed by atoms with Gasteiger partial charge in [0, 0.05) is 33.8 Å². The molecule has 5 rings (SSSR count). The molecule has 6 heteroatoms. The second-order valence-electron chi connectivity index (χ2n) is 7.87. The number of nitrogens with one attached hydrogen (secondary N) is 1. The monoisotopic (exact) mass is 444 g/mol. The summed E-state index contributed by atoms with van der Waals surface area (Å²) in [5.74, 6) is -0.772. The Kier molecular flexibility index (Phi) is 5.23. The van der Waals surface area contributed by atoms with Gasteiger partial charge in [0.05, 0.1) is 11.5 Å². The van der Waals surface area contributed by atoms with Crippen molar-refractivity contribution in [2.24, 2.45) is 0 Å². The fourth-order valence-corrected chi connectivity index (χ4v) is 5.40. The van der Waals surface area contributed by atoms with Gasteiger partial charge in [-0.3, -0.25) is 15.1 Å². The molecule has 2 N–H and O–H groups in total. The van der Waals surface area contributed by atoms with Crippen molar-refractivity contribution in [2.75, 3.05) is 4.90 Å². The number of halogens is 1. The summed E-state index contributed by atoms with van der Waals surface area (Å²) in [6.07, 6.45) is 1.77. The molecule has 0 fully saturated rings. The molecule has 0 radical (unpaired) electrons. The smallest absolute Gasteiger partial charge is 0.161 e. The van der Waals surface area contributed by atoms with Crippen molar-refractivity contribution in [1.82, 2.24) is 0 Å². The van der Waals surface area contributed by atoms with Crippen LogP contribution in [-0.4, -0.2) is 16.7 Å². The van der Waals surface area contributed by atoms with Crippen molar-refractivity contribution < 1.29 is 14.3 Å². The molecule has 1 aliphatic heterocycles. The summed E-state index contributed by atoms with van der Waals surface area (Å²) in [7, 11) is 0. The third-order valence-corrected chi connectivity index (χ3v) is 6.91. The SMILES string of the molecule is N=C1/C(=C(/O)c2ccccc2)C(c2cccs2)C2=C(CCCC2=O)N1c1ccc(F)cc1. The maximum Gasteiger partial charge on any atom is 0.161 e. The number of carbonyl (C=O) groups excluding carboxylic acids is 1. The summed E-state index contributed by atoms with van der Waals surface area (Å²) in [5, 5.41) is 22.5. The standard InChI is InChI=1S/C26H21FN2O2S/c27-17-11-13-18(14-12-17)29-19-8-4-9-20(30)22(19)23(21-10-5-15-32-21)24(26(29)28)25(31)16-6-2-1-3-7-16/h1-3,5-7,10-15,23,28,31H,4,8-9H2/b25-24+,28-26?. The molecule has 1 aromatic heterocycles.